The Morgan fingerprint density at radius 3 is 2.67 bits per heavy atom. The monoisotopic (exact) mass is 392 g/mol. The number of nitrogens with zero attached hydrogens (tertiary/aromatic N) is 3. The second-order valence-electron chi connectivity index (χ2n) is 6.34. The molecular weight excluding hydrogens is 377 g/mol. The molecule has 3 heterocycles. The van der Waals surface area contributed by atoms with Crippen molar-refractivity contribution in [1.29, 1.82) is 0 Å². The van der Waals surface area contributed by atoms with Crippen LogP contribution >= 0.6 is 11.8 Å². The van der Waals surface area contributed by atoms with Crippen LogP contribution in [0.1, 0.15) is 17.2 Å². The molecule has 2 atom stereocenters. The first kappa shape index (κ1) is 17.8. The zero-order valence-corrected chi connectivity index (χ0v) is 15.0. The molecule has 0 fully saturated rings. The molecule has 0 bridgehead atoms. The van der Waals surface area contributed by atoms with E-state index in [0.717, 1.165) is 5.56 Å². The molecule has 2 aliphatic rings. The number of carbonyl (C=O) groups excluding carboxylic acids is 1. The fourth-order valence-corrected chi connectivity index (χ4v) is 4.36. The molecule has 5 nitrogen and oxygen atoms in total. The number of halogens is 3. The number of aromatic nitrogens is 1. The molecule has 1 amide bonds. The van der Waals surface area contributed by atoms with E-state index in [0.29, 0.717) is 22.0 Å². The first-order chi connectivity index (χ1) is 12.8. The van der Waals surface area contributed by atoms with Crippen LogP contribution in [-0.4, -0.2) is 35.2 Å². The third kappa shape index (κ3) is 3.39. The lowest BCUT2D eigenvalue weighted by molar-refractivity contribution is -0.118. The Kier molecular flexibility index (Phi) is 4.33. The third-order valence-electron chi connectivity index (χ3n) is 4.39. The lowest BCUT2D eigenvalue weighted by Crippen LogP contribution is -2.42. The van der Waals surface area contributed by atoms with Crippen LogP contribution in [0.3, 0.4) is 0 Å². The largest absolute Gasteiger partial charge is 0.405 e. The van der Waals surface area contributed by atoms with Gasteiger partial charge in [0.15, 0.2) is 0 Å². The van der Waals surface area contributed by atoms with Gasteiger partial charge in [-0.3, -0.25) is 14.7 Å². The van der Waals surface area contributed by atoms with Crippen molar-refractivity contribution in [1.82, 2.24) is 4.98 Å². The molecular formula is C18H15F3N4OS. The number of amides is 1. The van der Waals surface area contributed by atoms with E-state index in [1.54, 1.807) is 0 Å². The summed E-state index contributed by atoms with van der Waals surface area (Å²) >= 11 is 1.24. The number of anilines is 2. The van der Waals surface area contributed by atoms with E-state index in [2.05, 4.69) is 15.3 Å². The van der Waals surface area contributed by atoms with Crippen LogP contribution in [0.15, 0.2) is 46.5 Å². The number of aliphatic imine (C=N–C) groups is 1. The molecule has 9 heteroatoms. The predicted octanol–water partition coefficient (Wildman–Crippen LogP) is 3.95. The Balaban J connectivity index is 1.64. The van der Waals surface area contributed by atoms with Gasteiger partial charge in [-0.1, -0.05) is 29.5 Å². The zero-order chi connectivity index (χ0) is 19.2. The molecule has 1 aromatic heterocycles. The van der Waals surface area contributed by atoms with E-state index < -0.39 is 24.0 Å². The highest BCUT2D eigenvalue weighted by molar-refractivity contribution is 8.01. The minimum Gasteiger partial charge on any atom is -0.376 e. The molecule has 0 radical (unpaired) electrons. The number of nitrogens with one attached hydrogen (secondary N) is 1. The van der Waals surface area contributed by atoms with Gasteiger partial charge in [0.25, 0.3) is 0 Å². The Hall–Kier alpha value is -2.55. The molecule has 140 valence electrons. The minimum absolute atomic E-state index is 0.163. The normalized spacial score (nSPS) is 21.2. The molecule has 2 aromatic rings. The number of carbonyl (C=O) groups is 1. The second-order valence-corrected chi connectivity index (χ2v) is 7.47. The molecule has 2 unspecified atom stereocenters. The first-order valence-corrected chi connectivity index (χ1v) is 9.11. The van der Waals surface area contributed by atoms with Crippen molar-refractivity contribution in [3.05, 3.63) is 47.7 Å². The Morgan fingerprint density at radius 1 is 1.22 bits per heavy atom. The smallest absolute Gasteiger partial charge is 0.376 e. The predicted molar refractivity (Wildman–Crippen MR) is 98.3 cm³/mol. The van der Waals surface area contributed by atoms with Crippen LogP contribution in [0, 0.1) is 6.92 Å². The molecule has 0 aliphatic carbocycles. The third-order valence-corrected chi connectivity index (χ3v) is 5.65. The van der Waals surface area contributed by atoms with E-state index >= 15 is 0 Å². The summed E-state index contributed by atoms with van der Waals surface area (Å²) in [5.74, 6) is -0.163. The Morgan fingerprint density at radius 2 is 1.96 bits per heavy atom. The summed E-state index contributed by atoms with van der Waals surface area (Å²) in [5.41, 5.74) is 2.63. The molecule has 4 rings (SSSR count). The van der Waals surface area contributed by atoms with Gasteiger partial charge in [-0.25, -0.2) is 4.98 Å². The van der Waals surface area contributed by atoms with Gasteiger partial charge in [0.05, 0.1) is 6.34 Å². The Labute approximate surface area is 157 Å². The summed E-state index contributed by atoms with van der Waals surface area (Å²) < 4.78 is 37.7. The maximum Gasteiger partial charge on any atom is 0.405 e. The summed E-state index contributed by atoms with van der Waals surface area (Å²) in [6, 6.07) is 8.41. The van der Waals surface area contributed by atoms with Crippen LogP contribution < -0.4 is 10.2 Å². The average Bonchev–Trinajstić information content (AvgIpc) is 3.01. The number of pyridine rings is 1. The van der Waals surface area contributed by atoms with Crippen molar-refractivity contribution in [3.63, 3.8) is 0 Å². The van der Waals surface area contributed by atoms with Gasteiger partial charge in [0.2, 0.25) is 5.91 Å². The molecule has 1 aromatic carbocycles. The highest BCUT2D eigenvalue weighted by Gasteiger charge is 2.45. The van der Waals surface area contributed by atoms with Crippen molar-refractivity contribution in [2.24, 2.45) is 4.99 Å². The molecule has 1 N–H and O–H groups in total. The average molecular weight is 392 g/mol. The molecule has 0 spiro atoms. The second kappa shape index (κ2) is 6.56. The number of alkyl halides is 3. The molecule has 27 heavy (non-hydrogen) atoms. The number of rotatable bonds is 3. The summed E-state index contributed by atoms with van der Waals surface area (Å²) in [7, 11) is 0. The molecule has 2 aliphatic heterocycles. The summed E-state index contributed by atoms with van der Waals surface area (Å²) in [6.45, 7) is 0.801. The first-order valence-electron chi connectivity index (χ1n) is 8.23. The maximum absolute atomic E-state index is 13.0. The van der Waals surface area contributed by atoms with Gasteiger partial charge >= 0.3 is 6.18 Å². The van der Waals surface area contributed by atoms with Crippen LogP contribution in [0.5, 0.6) is 0 Å². The SMILES string of the molecule is Cc1ccc(N2C=NC3c4c(NCC(F)(F)F)ccnc4SC3C2=O)cc1. The summed E-state index contributed by atoms with van der Waals surface area (Å²) in [6.07, 6.45) is -1.45. The number of benzene rings is 1. The van der Waals surface area contributed by atoms with Crippen LogP contribution in [0.2, 0.25) is 0 Å². The van der Waals surface area contributed by atoms with Crippen LogP contribution in [-0.2, 0) is 4.79 Å². The molecule has 0 saturated carbocycles. The highest BCUT2D eigenvalue weighted by atomic mass is 32.2. The van der Waals surface area contributed by atoms with Crippen molar-refractivity contribution in [2.45, 2.75) is 29.4 Å². The Bertz CT molecular complexity index is 914. The number of aryl methyl sites for hydroxylation is 1. The molecule has 0 saturated heterocycles. The van der Waals surface area contributed by atoms with E-state index in [1.807, 2.05) is 31.2 Å². The van der Waals surface area contributed by atoms with Crippen LogP contribution in [0.25, 0.3) is 0 Å². The topological polar surface area (TPSA) is 57.6 Å². The fourth-order valence-electron chi connectivity index (χ4n) is 3.09. The van der Waals surface area contributed by atoms with Crippen molar-refractivity contribution < 1.29 is 18.0 Å². The summed E-state index contributed by atoms with van der Waals surface area (Å²) in [4.78, 5) is 23.1. The van der Waals surface area contributed by atoms with E-state index in [1.165, 1.54) is 35.3 Å². The fraction of sp³-hybridized carbons (Fsp3) is 0.278. The van der Waals surface area contributed by atoms with Gasteiger partial charge in [-0.15, -0.1) is 0 Å². The standard InChI is InChI=1S/C18H15F3N4OS/c1-10-2-4-11(5-3-10)25-9-24-14-13-12(23-8-18(19,20)21)6-7-22-16(13)27-15(14)17(25)26/h2-7,9,14-15H,8H2,1H3,(H,22,23). The van der Waals surface area contributed by atoms with Crippen LogP contribution in [0.4, 0.5) is 24.5 Å². The van der Waals surface area contributed by atoms with Gasteiger partial charge in [0, 0.05) is 23.1 Å². The number of thioether (sulfide) groups is 1. The summed E-state index contributed by atoms with van der Waals surface area (Å²) in [5, 5.41) is 2.39. The highest BCUT2D eigenvalue weighted by Crippen LogP contribution is 2.50. The number of hydrogen-bond donors (Lipinski definition) is 1. The quantitative estimate of drug-likeness (QED) is 0.859. The lowest BCUT2D eigenvalue weighted by Gasteiger charge is -2.28. The number of fused-ring (bicyclic) bond motifs is 3. The minimum atomic E-state index is -4.34. The van der Waals surface area contributed by atoms with Crippen molar-refractivity contribution in [3.8, 4) is 0 Å². The van der Waals surface area contributed by atoms with E-state index in [-0.39, 0.29) is 5.91 Å². The number of hydrogen-bond acceptors (Lipinski definition) is 5. The van der Waals surface area contributed by atoms with Crippen molar-refractivity contribution in [2.75, 3.05) is 16.8 Å². The van der Waals surface area contributed by atoms with E-state index in [4.69, 9.17) is 0 Å². The van der Waals surface area contributed by atoms with E-state index in [9.17, 15) is 18.0 Å². The zero-order valence-electron chi connectivity index (χ0n) is 14.2. The lowest BCUT2D eigenvalue weighted by atomic mass is 10.0. The van der Waals surface area contributed by atoms with Gasteiger partial charge in [0.1, 0.15) is 22.9 Å². The van der Waals surface area contributed by atoms with Gasteiger partial charge in [-0.2, -0.15) is 13.2 Å². The van der Waals surface area contributed by atoms with Gasteiger partial charge in [-0.05, 0) is 25.1 Å². The van der Waals surface area contributed by atoms with Crippen molar-refractivity contribution >= 4 is 35.4 Å². The maximum atomic E-state index is 13.0. The van der Waals surface area contributed by atoms with Gasteiger partial charge < -0.3 is 5.32 Å².